The molecule has 1 N–H and O–H groups in total. The molecule has 2 rings (SSSR count). The normalized spacial score (nSPS) is 21.7. The van der Waals surface area contributed by atoms with Gasteiger partial charge in [0.2, 0.25) is 0 Å². The third-order valence-corrected chi connectivity index (χ3v) is 4.71. The monoisotopic (exact) mass is 249 g/mol. The maximum absolute atomic E-state index is 3.68. The summed E-state index contributed by atoms with van der Waals surface area (Å²) in [5.41, 5.74) is 4.16. The first kappa shape index (κ1) is 13.0. The molecule has 0 amide bonds. The van der Waals surface area contributed by atoms with Gasteiger partial charge in [0.25, 0.3) is 0 Å². The Labute approximate surface area is 109 Å². The first-order valence-corrected chi connectivity index (χ1v) is 7.70. The van der Waals surface area contributed by atoms with Gasteiger partial charge in [0, 0.05) is 6.04 Å². The lowest BCUT2D eigenvalue weighted by molar-refractivity contribution is 0.477. The van der Waals surface area contributed by atoms with Crippen LogP contribution < -0.4 is 5.32 Å². The zero-order valence-corrected chi connectivity index (χ0v) is 11.9. The topological polar surface area (TPSA) is 12.0 Å². The van der Waals surface area contributed by atoms with Crippen molar-refractivity contribution in [2.24, 2.45) is 5.92 Å². The number of thioether (sulfide) groups is 1. The van der Waals surface area contributed by atoms with Gasteiger partial charge in [0.15, 0.2) is 0 Å². The average Bonchev–Trinajstić information content (AvgIpc) is 2.77. The Hall–Kier alpha value is -0.470. The lowest BCUT2D eigenvalue weighted by Crippen LogP contribution is -2.25. The van der Waals surface area contributed by atoms with Crippen LogP contribution in [0.1, 0.15) is 36.1 Å². The van der Waals surface area contributed by atoms with E-state index >= 15 is 0 Å². The molecule has 1 fully saturated rings. The van der Waals surface area contributed by atoms with Crippen molar-refractivity contribution in [3.05, 3.63) is 34.9 Å². The Kier molecular flexibility index (Phi) is 4.52. The largest absolute Gasteiger partial charge is 0.310 e. The van der Waals surface area contributed by atoms with Gasteiger partial charge in [-0.2, -0.15) is 11.8 Å². The van der Waals surface area contributed by atoms with Crippen LogP contribution in [0.4, 0.5) is 0 Å². The SMILES string of the molecule is Cc1cc(C)cc(C(C)NCC2CCSC2)c1. The molecule has 0 saturated carbocycles. The first-order valence-electron chi connectivity index (χ1n) is 6.54. The highest BCUT2D eigenvalue weighted by molar-refractivity contribution is 7.99. The second kappa shape index (κ2) is 5.92. The highest BCUT2D eigenvalue weighted by atomic mass is 32.2. The van der Waals surface area contributed by atoms with E-state index in [1.807, 2.05) is 0 Å². The van der Waals surface area contributed by atoms with Gasteiger partial charge in [-0.25, -0.2) is 0 Å². The Balaban J connectivity index is 1.91. The summed E-state index contributed by atoms with van der Waals surface area (Å²) in [5, 5.41) is 3.68. The van der Waals surface area contributed by atoms with Gasteiger partial charge in [0.05, 0.1) is 0 Å². The fraction of sp³-hybridized carbons (Fsp3) is 0.600. The molecule has 1 aromatic carbocycles. The minimum atomic E-state index is 0.471. The van der Waals surface area contributed by atoms with Crippen molar-refractivity contribution in [1.82, 2.24) is 5.32 Å². The molecule has 1 aliphatic heterocycles. The lowest BCUT2D eigenvalue weighted by Gasteiger charge is -2.18. The molecule has 1 heterocycles. The van der Waals surface area contributed by atoms with E-state index in [0.29, 0.717) is 6.04 Å². The zero-order valence-electron chi connectivity index (χ0n) is 11.1. The maximum atomic E-state index is 3.68. The highest BCUT2D eigenvalue weighted by Gasteiger charge is 2.16. The number of hydrogen-bond donors (Lipinski definition) is 1. The zero-order chi connectivity index (χ0) is 12.3. The molecule has 1 aliphatic rings. The predicted octanol–water partition coefficient (Wildman–Crippen LogP) is 3.71. The van der Waals surface area contributed by atoms with Crippen LogP contribution in [0.25, 0.3) is 0 Å². The molecule has 0 bridgehead atoms. The van der Waals surface area contributed by atoms with E-state index in [1.54, 1.807) is 0 Å². The quantitative estimate of drug-likeness (QED) is 0.873. The van der Waals surface area contributed by atoms with Crippen LogP contribution in [0, 0.1) is 19.8 Å². The molecule has 2 atom stereocenters. The Morgan fingerprint density at radius 3 is 2.59 bits per heavy atom. The van der Waals surface area contributed by atoms with Crippen LogP contribution >= 0.6 is 11.8 Å². The summed E-state index contributed by atoms with van der Waals surface area (Å²) in [6, 6.07) is 7.31. The Bertz CT molecular complexity index is 349. The fourth-order valence-corrected chi connectivity index (χ4v) is 3.75. The summed E-state index contributed by atoms with van der Waals surface area (Å²) >= 11 is 2.09. The number of nitrogens with one attached hydrogen (secondary N) is 1. The van der Waals surface area contributed by atoms with E-state index in [-0.39, 0.29) is 0 Å². The Morgan fingerprint density at radius 1 is 1.29 bits per heavy atom. The van der Waals surface area contributed by atoms with E-state index in [4.69, 9.17) is 0 Å². The minimum absolute atomic E-state index is 0.471. The van der Waals surface area contributed by atoms with Crippen LogP contribution in [0.3, 0.4) is 0 Å². The van der Waals surface area contributed by atoms with Gasteiger partial charge < -0.3 is 5.32 Å². The van der Waals surface area contributed by atoms with Gasteiger partial charge in [-0.1, -0.05) is 29.3 Å². The van der Waals surface area contributed by atoms with E-state index in [9.17, 15) is 0 Å². The van der Waals surface area contributed by atoms with E-state index < -0.39 is 0 Å². The summed E-state index contributed by atoms with van der Waals surface area (Å²) < 4.78 is 0. The molecule has 0 spiro atoms. The van der Waals surface area contributed by atoms with Crippen LogP contribution in [-0.4, -0.2) is 18.1 Å². The van der Waals surface area contributed by atoms with Crippen LogP contribution in [-0.2, 0) is 0 Å². The van der Waals surface area contributed by atoms with Gasteiger partial charge in [-0.15, -0.1) is 0 Å². The van der Waals surface area contributed by atoms with Crippen molar-refractivity contribution >= 4 is 11.8 Å². The van der Waals surface area contributed by atoms with Gasteiger partial charge >= 0.3 is 0 Å². The van der Waals surface area contributed by atoms with Crippen LogP contribution in [0.5, 0.6) is 0 Å². The molecular formula is C15H23NS. The van der Waals surface area contributed by atoms with Crippen molar-refractivity contribution in [3.63, 3.8) is 0 Å². The molecule has 0 aliphatic carbocycles. The van der Waals surface area contributed by atoms with Crippen molar-refractivity contribution in [1.29, 1.82) is 0 Å². The lowest BCUT2D eigenvalue weighted by atomic mass is 10.0. The average molecular weight is 249 g/mol. The number of rotatable bonds is 4. The third kappa shape index (κ3) is 3.75. The molecule has 17 heavy (non-hydrogen) atoms. The Morgan fingerprint density at radius 2 is 2.00 bits per heavy atom. The van der Waals surface area contributed by atoms with Gasteiger partial charge in [0.1, 0.15) is 0 Å². The second-order valence-electron chi connectivity index (χ2n) is 5.28. The van der Waals surface area contributed by atoms with Gasteiger partial charge in [-0.05, 0) is 56.7 Å². The molecule has 0 aromatic heterocycles. The van der Waals surface area contributed by atoms with Gasteiger partial charge in [-0.3, -0.25) is 0 Å². The van der Waals surface area contributed by atoms with Crippen LogP contribution in [0.2, 0.25) is 0 Å². The van der Waals surface area contributed by atoms with E-state index in [1.165, 1.54) is 41.2 Å². The second-order valence-corrected chi connectivity index (χ2v) is 6.43. The van der Waals surface area contributed by atoms with Crippen molar-refractivity contribution in [3.8, 4) is 0 Å². The molecule has 1 saturated heterocycles. The van der Waals surface area contributed by atoms with Crippen molar-refractivity contribution in [2.45, 2.75) is 33.2 Å². The van der Waals surface area contributed by atoms with Crippen molar-refractivity contribution < 1.29 is 0 Å². The third-order valence-electron chi connectivity index (χ3n) is 3.48. The molecule has 94 valence electrons. The summed E-state index contributed by atoms with van der Waals surface area (Å²) in [6.07, 6.45) is 1.39. The van der Waals surface area contributed by atoms with E-state index in [0.717, 1.165) is 5.92 Å². The summed E-state index contributed by atoms with van der Waals surface area (Å²) in [5.74, 6) is 3.57. The number of aryl methyl sites for hydroxylation is 2. The molecule has 2 unspecified atom stereocenters. The number of hydrogen-bond acceptors (Lipinski definition) is 2. The molecule has 1 nitrogen and oxygen atoms in total. The standard InChI is InChI=1S/C15H23NS/c1-11-6-12(2)8-15(7-11)13(3)16-9-14-4-5-17-10-14/h6-8,13-14,16H,4-5,9-10H2,1-3H3. The molecular weight excluding hydrogens is 226 g/mol. The maximum Gasteiger partial charge on any atom is 0.0292 e. The van der Waals surface area contributed by atoms with E-state index in [2.05, 4.69) is 56.0 Å². The number of benzene rings is 1. The summed E-state index contributed by atoms with van der Waals surface area (Å²) in [7, 11) is 0. The smallest absolute Gasteiger partial charge is 0.0292 e. The highest BCUT2D eigenvalue weighted by Crippen LogP contribution is 2.24. The molecule has 0 radical (unpaired) electrons. The predicted molar refractivity (Wildman–Crippen MR) is 77.8 cm³/mol. The fourth-order valence-electron chi connectivity index (χ4n) is 2.47. The minimum Gasteiger partial charge on any atom is -0.310 e. The summed E-state index contributed by atoms with van der Waals surface area (Å²) in [4.78, 5) is 0. The first-order chi connectivity index (χ1) is 8.15. The van der Waals surface area contributed by atoms with Crippen molar-refractivity contribution in [2.75, 3.05) is 18.1 Å². The summed E-state index contributed by atoms with van der Waals surface area (Å²) in [6.45, 7) is 7.80. The van der Waals surface area contributed by atoms with Crippen LogP contribution in [0.15, 0.2) is 18.2 Å². The molecule has 1 aromatic rings. The molecule has 2 heteroatoms.